The number of aromatic hydroxyl groups is 1. The molecule has 2 atom stereocenters. The fourth-order valence-electron chi connectivity index (χ4n) is 4.25. The number of hydrogen-bond acceptors (Lipinski definition) is 7. The summed E-state index contributed by atoms with van der Waals surface area (Å²) in [7, 11) is -3.13. The highest BCUT2D eigenvalue weighted by molar-refractivity contribution is 7.88. The lowest BCUT2D eigenvalue weighted by molar-refractivity contribution is 0.263. The molecule has 37 heavy (non-hydrogen) atoms. The van der Waals surface area contributed by atoms with Crippen LogP contribution in [0.4, 0.5) is 0 Å². The van der Waals surface area contributed by atoms with Crippen LogP contribution in [0.2, 0.25) is 0 Å². The minimum absolute atomic E-state index is 0.153. The summed E-state index contributed by atoms with van der Waals surface area (Å²) in [6.45, 7) is 1.57. The van der Waals surface area contributed by atoms with Crippen molar-refractivity contribution in [1.29, 1.82) is 0 Å². The van der Waals surface area contributed by atoms with E-state index in [0.29, 0.717) is 19.6 Å². The molecule has 9 nitrogen and oxygen atoms in total. The number of aromatic nitrogens is 2. The lowest BCUT2D eigenvalue weighted by Crippen LogP contribution is -2.34. The van der Waals surface area contributed by atoms with E-state index in [9.17, 15) is 23.4 Å². The summed E-state index contributed by atoms with van der Waals surface area (Å²) in [6, 6.07) is 15.6. The van der Waals surface area contributed by atoms with Crippen LogP contribution in [-0.2, 0) is 23.0 Å². The molecule has 194 valence electrons. The van der Waals surface area contributed by atoms with Crippen LogP contribution >= 0.6 is 0 Å². The molecule has 1 fully saturated rings. The number of nitrogens with one attached hydrogen (secondary N) is 2. The van der Waals surface area contributed by atoms with Gasteiger partial charge >= 0.3 is 0 Å². The summed E-state index contributed by atoms with van der Waals surface area (Å²) in [5.74, 6) is 5.54. The van der Waals surface area contributed by atoms with Crippen molar-refractivity contribution in [2.24, 2.45) is 0 Å². The standard InChI is InChI=1S/C27H30N4O5S/c1-37(35,36)31-13-12-24(16-31)28-15-21-6-4-19(5-7-21)2-3-20-8-10-22(11-9-20)23(17-32)14-25-26(33)27(34)30-18-29-25/h4-11,18,23-24,28,32-33H,12-17H2,1H3,(H,29,30,34)/t23-,24+/m0/s1. The molecule has 0 bridgehead atoms. The first-order valence-corrected chi connectivity index (χ1v) is 13.8. The molecule has 1 aromatic heterocycles. The largest absolute Gasteiger partial charge is 0.502 e. The first kappa shape index (κ1) is 26.6. The van der Waals surface area contributed by atoms with Gasteiger partial charge < -0.3 is 20.5 Å². The molecule has 1 aliphatic rings. The third-order valence-corrected chi connectivity index (χ3v) is 7.74. The Labute approximate surface area is 216 Å². The lowest BCUT2D eigenvalue weighted by Gasteiger charge is -2.14. The number of aliphatic hydroxyl groups is 1. The number of aromatic amines is 1. The van der Waals surface area contributed by atoms with E-state index in [2.05, 4.69) is 27.1 Å². The van der Waals surface area contributed by atoms with Crippen LogP contribution in [0.5, 0.6) is 5.75 Å². The number of nitrogens with zero attached hydrogens (tertiary/aromatic N) is 2. The molecule has 2 heterocycles. The maximum atomic E-state index is 11.7. The van der Waals surface area contributed by atoms with E-state index in [1.807, 2.05) is 48.5 Å². The van der Waals surface area contributed by atoms with Crippen molar-refractivity contribution < 1.29 is 18.6 Å². The Hall–Kier alpha value is -3.49. The van der Waals surface area contributed by atoms with Gasteiger partial charge in [-0.15, -0.1) is 0 Å². The van der Waals surface area contributed by atoms with Crippen molar-refractivity contribution in [3.8, 4) is 17.6 Å². The fraction of sp³-hybridized carbons (Fsp3) is 0.333. The number of benzene rings is 2. The molecular formula is C27H30N4O5S. The van der Waals surface area contributed by atoms with Crippen LogP contribution in [0.25, 0.3) is 0 Å². The molecule has 2 aromatic carbocycles. The number of rotatable bonds is 8. The normalized spacial score (nSPS) is 16.8. The lowest BCUT2D eigenvalue weighted by atomic mass is 9.94. The van der Waals surface area contributed by atoms with Crippen LogP contribution in [0.15, 0.2) is 59.7 Å². The van der Waals surface area contributed by atoms with E-state index >= 15 is 0 Å². The van der Waals surface area contributed by atoms with Gasteiger partial charge in [0.15, 0.2) is 0 Å². The molecule has 1 saturated heterocycles. The molecule has 3 aromatic rings. The Kier molecular flexibility index (Phi) is 8.41. The second-order valence-corrected chi connectivity index (χ2v) is 11.1. The van der Waals surface area contributed by atoms with Crippen LogP contribution in [-0.4, -0.2) is 64.9 Å². The zero-order chi connectivity index (χ0) is 26.4. The maximum Gasteiger partial charge on any atom is 0.293 e. The van der Waals surface area contributed by atoms with E-state index in [4.69, 9.17) is 0 Å². The van der Waals surface area contributed by atoms with E-state index in [-0.39, 0.29) is 30.7 Å². The average Bonchev–Trinajstić information content (AvgIpc) is 3.38. The number of H-pyrrole nitrogens is 1. The highest BCUT2D eigenvalue weighted by Crippen LogP contribution is 2.22. The molecule has 0 saturated carbocycles. The quantitative estimate of drug-likeness (QED) is 0.328. The SMILES string of the molecule is CS(=O)(=O)N1CC[C@@H](NCc2ccc(C#Cc3ccc([C@H](CO)Cc4nc[nH]c(=O)c4O)cc3)cc2)C1. The summed E-state index contributed by atoms with van der Waals surface area (Å²) in [4.78, 5) is 17.9. The molecule has 4 rings (SSSR count). The van der Waals surface area contributed by atoms with E-state index in [1.54, 1.807) is 0 Å². The summed E-state index contributed by atoms with van der Waals surface area (Å²) in [6.07, 6.45) is 3.52. The summed E-state index contributed by atoms with van der Waals surface area (Å²) < 4.78 is 24.8. The monoisotopic (exact) mass is 522 g/mol. The first-order chi connectivity index (χ1) is 17.7. The number of sulfonamides is 1. The van der Waals surface area contributed by atoms with Gasteiger partial charge in [-0.25, -0.2) is 17.7 Å². The zero-order valence-corrected chi connectivity index (χ0v) is 21.3. The Morgan fingerprint density at radius 2 is 1.78 bits per heavy atom. The van der Waals surface area contributed by atoms with Crippen molar-refractivity contribution in [2.45, 2.75) is 31.3 Å². The van der Waals surface area contributed by atoms with Gasteiger partial charge in [-0.05, 0) is 41.8 Å². The minimum Gasteiger partial charge on any atom is -0.502 e. The van der Waals surface area contributed by atoms with Crippen LogP contribution < -0.4 is 10.9 Å². The molecule has 10 heteroatoms. The average molecular weight is 523 g/mol. The Balaban J connectivity index is 1.33. The van der Waals surface area contributed by atoms with Gasteiger partial charge in [-0.1, -0.05) is 36.1 Å². The minimum atomic E-state index is -3.13. The molecular weight excluding hydrogens is 492 g/mol. The second-order valence-electron chi connectivity index (χ2n) is 9.17. The molecule has 0 radical (unpaired) electrons. The van der Waals surface area contributed by atoms with Crippen LogP contribution in [0.3, 0.4) is 0 Å². The van der Waals surface area contributed by atoms with Gasteiger partial charge in [0.2, 0.25) is 15.8 Å². The van der Waals surface area contributed by atoms with E-state index < -0.39 is 21.3 Å². The van der Waals surface area contributed by atoms with Crippen LogP contribution in [0.1, 0.15) is 40.3 Å². The van der Waals surface area contributed by atoms with Crippen LogP contribution in [0, 0.1) is 11.8 Å². The molecule has 1 aliphatic heterocycles. The summed E-state index contributed by atoms with van der Waals surface area (Å²) in [5, 5.41) is 23.2. The Morgan fingerprint density at radius 3 is 2.38 bits per heavy atom. The second kappa shape index (κ2) is 11.7. The van der Waals surface area contributed by atoms with Crippen molar-refractivity contribution in [2.75, 3.05) is 26.0 Å². The smallest absolute Gasteiger partial charge is 0.293 e. The molecule has 4 N–H and O–H groups in total. The van der Waals surface area contributed by atoms with Crippen molar-refractivity contribution in [3.63, 3.8) is 0 Å². The first-order valence-electron chi connectivity index (χ1n) is 12.0. The highest BCUT2D eigenvalue weighted by atomic mass is 32.2. The Bertz CT molecular complexity index is 1440. The molecule has 0 spiro atoms. The van der Waals surface area contributed by atoms with Crippen molar-refractivity contribution in [3.05, 3.63) is 93.2 Å². The topological polar surface area (TPSA) is 136 Å². The molecule has 0 amide bonds. The van der Waals surface area contributed by atoms with Gasteiger partial charge in [0.05, 0.1) is 24.9 Å². The highest BCUT2D eigenvalue weighted by Gasteiger charge is 2.27. The van der Waals surface area contributed by atoms with E-state index in [0.717, 1.165) is 28.7 Å². The van der Waals surface area contributed by atoms with Gasteiger partial charge in [-0.3, -0.25) is 4.79 Å². The molecule has 0 unspecified atom stereocenters. The van der Waals surface area contributed by atoms with Crippen molar-refractivity contribution in [1.82, 2.24) is 19.6 Å². The summed E-state index contributed by atoms with van der Waals surface area (Å²) >= 11 is 0. The number of aliphatic hydroxyl groups excluding tert-OH is 1. The van der Waals surface area contributed by atoms with Gasteiger partial charge in [-0.2, -0.15) is 0 Å². The third kappa shape index (κ3) is 7.05. The third-order valence-electron chi connectivity index (χ3n) is 6.47. The van der Waals surface area contributed by atoms with Gasteiger partial charge in [0.1, 0.15) is 0 Å². The predicted molar refractivity (Wildman–Crippen MR) is 141 cm³/mol. The Morgan fingerprint density at radius 1 is 1.14 bits per heavy atom. The number of hydrogen-bond donors (Lipinski definition) is 4. The maximum absolute atomic E-state index is 11.7. The zero-order valence-electron chi connectivity index (χ0n) is 20.5. The van der Waals surface area contributed by atoms with Gasteiger partial charge in [0, 0.05) is 49.1 Å². The summed E-state index contributed by atoms with van der Waals surface area (Å²) in [5.41, 5.74) is 3.29. The predicted octanol–water partition coefficient (Wildman–Crippen LogP) is 1.32. The van der Waals surface area contributed by atoms with E-state index in [1.165, 1.54) is 16.9 Å². The van der Waals surface area contributed by atoms with Gasteiger partial charge in [0.25, 0.3) is 5.56 Å². The van der Waals surface area contributed by atoms with Crippen molar-refractivity contribution >= 4 is 10.0 Å². The molecule has 0 aliphatic carbocycles. The fourth-order valence-corrected chi connectivity index (χ4v) is 5.13.